The van der Waals surface area contributed by atoms with Crippen LogP contribution >= 0.6 is 22.6 Å². The number of aliphatic hydroxyl groups is 2. The van der Waals surface area contributed by atoms with Crippen LogP contribution in [0, 0.1) is 8.99 Å². The number of fused-ring (bicyclic) bond motifs is 4. The summed E-state index contributed by atoms with van der Waals surface area (Å²) in [6.07, 6.45) is 3.13. The molecule has 1 aliphatic carbocycles. The fraction of sp³-hybridized carbons (Fsp3) is 0.727. The number of aliphatic hydroxyl groups excluding tert-OH is 2. The molecule has 13 heteroatoms. The number of unbranched alkanes of at least 4 members (excludes halogenated alkanes) is 4. The molecule has 1 aromatic carbocycles. The Morgan fingerprint density at radius 2 is 1.80 bits per heavy atom. The van der Waals surface area contributed by atoms with E-state index < -0.39 is 71.6 Å². The Kier molecular flexibility index (Phi) is 11.6. The molecule has 1 aromatic rings. The number of nitrogens with one attached hydrogen (secondary N) is 2. The quantitative estimate of drug-likeness (QED) is 0.112. The summed E-state index contributed by atoms with van der Waals surface area (Å²) in [6, 6.07) is 5.34. The van der Waals surface area contributed by atoms with E-state index in [-0.39, 0.29) is 26.1 Å². The molecule has 0 aromatic heterocycles. The van der Waals surface area contributed by atoms with Gasteiger partial charge in [0.05, 0.1) is 19.3 Å². The van der Waals surface area contributed by atoms with E-state index >= 15 is 0 Å². The lowest BCUT2D eigenvalue weighted by Crippen LogP contribution is -2.71. The molecule has 3 heterocycles. The second-order valence-electron chi connectivity index (χ2n) is 13.0. The molecule has 12 nitrogen and oxygen atoms in total. The molecule has 256 valence electrons. The maximum Gasteiger partial charge on any atom is 0.327 e. The van der Waals surface area contributed by atoms with Gasteiger partial charge in [-0.2, -0.15) is 5.06 Å². The van der Waals surface area contributed by atoms with Crippen molar-refractivity contribution in [3.63, 3.8) is 0 Å². The predicted octanol–water partition coefficient (Wildman–Crippen LogP) is 2.71. The van der Waals surface area contributed by atoms with Gasteiger partial charge >= 0.3 is 5.97 Å². The summed E-state index contributed by atoms with van der Waals surface area (Å²) >= 11 is 2.22. The van der Waals surface area contributed by atoms with Gasteiger partial charge in [-0.25, -0.2) is 0 Å². The third-order valence-electron chi connectivity index (χ3n) is 9.69. The minimum absolute atomic E-state index is 0.0391. The van der Waals surface area contributed by atoms with E-state index in [0.717, 1.165) is 47.7 Å². The van der Waals surface area contributed by atoms with Crippen LogP contribution < -0.4 is 10.6 Å². The van der Waals surface area contributed by atoms with E-state index in [1.54, 1.807) is 0 Å². The number of carbonyl (C=O) groups is 3. The zero-order valence-corrected chi connectivity index (χ0v) is 29.1. The highest BCUT2D eigenvalue weighted by Gasteiger charge is 2.76. The highest BCUT2D eigenvalue weighted by atomic mass is 127. The molecule has 46 heavy (non-hydrogen) atoms. The van der Waals surface area contributed by atoms with Gasteiger partial charge in [0, 0.05) is 29.4 Å². The molecule has 4 fully saturated rings. The van der Waals surface area contributed by atoms with Crippen LogP contribution in [0.2, 0.25) is 0 Å². The Morgan fingerprint density at radius 3 is 2.43 bits per heavy atom. The van der Waals surface area contributed by atoms with Crippen molar-refractivity contribution in [3.8, 4) is 0 Å². The van der Waals surface area contributed by atoms with Crippen molar-refractivity contribution in [2.24, 2.45) is 5.41 Å². The van der Waals surface area contributed by atoms with Crippen molar-refractivity contribution in [2.75, 3.05) is 13.2 Å². The topological polar surface area (TPSA) is 156 Å². The largest absolute Gasteiger partial charge is 0.458 e. The first kappa shape index (κ1) is 35.4. The van der Waals surface area contributed by atoms with Crippen LogP contribution in [0.15, 0.2) is 24.3 Å². The Hall–Kier alpha value is -1.88. The Labute approximate surface area is 284 Å². The van der Waals surface area contributed by atoms with Crippen molar-refractivity contribution in [3.05, 3.63) is 33.4 Å². The van der Waals surface area contributed by atoms with Crippen molar-refractivity contribution in [2.45, 2.75) is 133 Å². The number of hydrogen-bond donors (Lipinski definition) is 4. The van der Waals surface area contributed by atoms with Crippen molar-refractivity contribution >= 4 is 40.4 Å². The number of hydrogen-bond acceptors (Lipinski definition) is 10. The van der Waals surface area contributed by atoms with Crippen LogP contribution in [0.3, 0.4) is 0 Å². The number of nitrogens with zero attached hydrogens (tertiary/aromatic N) is 1. The molecule has 0 spiro atoms. The minimum atomic E-state index is -1.49. The van der Waals surface area contributed by atoms with E-state index in [4.69, 9.17) is 19.0 Å². The minimum Gasteiger partial charge on any atom is -0.458 e. The van der Waals surface area contributed by atoms with Gasteiger partial charge in [-0.15, -0.1) is 0 Å². The molecule has 4 N–H and O–H groups in total. The zero-order valence-electron chi connectivity index (χ0n) is 26.9. The van der Waals surface area contributed by atoms with E-state index in [9.17, 15) is 24.6 Å². The molecule has 3 saturated heterocycles. The van der Waals surface area contributed by atoms with E-state index in [2.05, 4.69) is 47.1 Å². The molecule has 2 amide bonds. The Bertz CT molecular complexity index is 1240. The molecule has 8 unspecified atom stereocenters. The summed E-state index contributed by atoms with van der Waals surface area (Å²) < 4.78 is 20.7. The lowest BCUT2D eigenvalue weighted by atomic mass is 9.62. The molecular weight excluding hydrogens is 709 g/mol. The summed E-state index contributed by atoms with van der Waals surface area (Å²) in [5, 5.41) is 26.5. The Morgan fingerprint density at radius 1 is 1.11 bits per heavy atom. The SMILES string of the molecule is CCCCCC1(CCCCC)OC2C3CC4(C(=O)NC(C(=O)NCCO)C(C)O)C(ON(Cc5cccc(I)c5)C4C(=O)O3)C2O1. The zero-order chi connectivity index (χ0) is 33.1. The van der Waals surface area contributed by atoms with Gasteiger partial charge in [0.1, 0.15) is 35.9 Å². The summed E-state index contributed by atoms with van der Waals surface area (Å²) in [5.74, 6) is -2.74. The van der Waals surface area contributed by atoms with Crippen LogP contribution in [-0.2, 0) is 40.0 Å². The molecule has 5 rings (SSSR count). The van der Waals surface area contributed by atoms with Gasteiger partial charge in [0.2, 0.25) is 11.8 Å². The van der Waals surface area contributed by atoms with Crippen LogP contribution in [-0.4, -0.2) is 94.6 Å². The lowest BCUT2D eigenvalue weighted by molar-refractivity contribution is -0.224. The Balaban J connectivity index is 1.52. The molecule has 8 atom stereocenters. The average molecular weight is 758 g/mol. The summed E-state index contributed by atoms with van der Waals surface area (Å²) in [4.78, 5) is 48.1. The number of rotatable bonds is 16. The van der Waals surface area contributed by atoms with Crippen LogP contribution in [0.1, 0.15) is 84.1 Å². The van der Waals surface area contributed by atoms with E-state index in [1.165, 1.54) is 12.0 Å². The first-order chi connectivity index (χ1) is 22.1. The van der Waals surface area contributed by atoms with Gasteiger partial charge in [-0.05, 0) is 60.1 Å². The molecule has 2 bridgehead atoms. The molecule has 1 saturated carbocycles. The van der Waals surface area contributed by atoms with E-state index in [1.807, 2.05) is 24.3 Å². The average Bonchev–Trinajstić information content (AvgIpc) is 3.57. The van der Waals surface area contributed by atoms with Gasteiger partial charge in [-0.1, -0.05) is 51.7 Å². The van der Waals surface area contributed by atoms with Crippen molar-refractivity contribution in [1.29, 1.82) is 0 Å². The second-order valence-corrected chi connectivity index (χ2v) is 14.3. The predicted molar refractivity (Wildman–Crippen MR) is 175 cm³/mol. The number of halogens is 1. The number of ether oxygens (including phenoxy) is 3. The second kappa shape index (κ2) is 15.1. The molecule has 3 aliphatic heterocycles. The summed E-state index contributed by atoms with van der Waals surface area (Å²) in [5.41, 5.74) is -0.602. The van der Waals surface area contributed by atoms with Gasteiger partial charge in [0.15, 0.2) is 11.8 Å². The highest BCUT2D eigenvalue weighted by molar-refractivity contribution is 14.1. The van der Waals surface area contributed by atoms with Crippen molar-refractivity contribution < 1.29 is 43.6 Å². The number of amides is 2. The van der Waals surface area contributed by atoms with Gasteiger partial charge < -0.3 is 35.1 Å². The highest BCUT2D eigenvalue weighted by Crippen LogP contribution is 2.58. The summed E-state index contributed by atoms with van der Waals surface area (Å²) in [7, 11) is 0. The molecule has 0 radical (unpaired) electrons. The number of carbonyl (C=O) groups excluding carboxylic acids is 3. The van der Waals surface area contributed by atoms with Gasteiger partial charge in [0.25, 0.3) is 0 Å². The number of benzene rings is 1. The normalized spacial score (nSPS) is 30.7. The molecule has 4 aliphatic rings. The lowest BCUT2D eigenvalue weighted by Gasteiger charge is -2.49. The smallest absolute Gasteiger partial charge is 0.327 e. The van der Waals surface area contributed by atoms with Gasteiger partial charge in [-0.3, -0.25) is 19.2 Å². The van der Waals surface area contributed by atoms with Crippen LogP contribution in [0.4, 0.5) is 0 Å². The van der Waals surface area contributed by atoms with Crippen LogP contribution in [0.5, 0.6) is 0 Å². The monoisotopic (exact) mass is 757 g/mol. The standard InChI is InChI=1S/C33H48IN3O9/c1-4-6-8-13-32(14-9-7-5-2)44-25-23-18-33(31(42)36-24(20(3)39)29(40)35-15-16-38)27(30(41)43-23)37(46-28(33)26(25)45-32)19-21-11-10-12-22(34)17-21/h10-12,17,20,23-28,38-39H,4-9,13-16,18-19H2,1-3H3,(H,35,40)(H,36,42). The maximum atomic E-state index is 14.6. The third kappa shape index (κ3) is 6.96. The third-order valence-corrected chi connectivity index (χ3v) is 10.4. The fourth-order valence-corrected chi connectivity index (χ4v) is 8.09. The van der Waals surface area contributed by atoms with Crippen LogP contribution in [0.25, 0.3) is 0 Å². The fourth-order valence-electron chi connectivity index (χ4n) is 7.48. The maximum absolute atomic E-state index is 14.6. The first-order valence-electron chi connectivity index (χ1n) is 16.7. The number of hydroxylamine groups is 2. The number of esters is 1. The molecular formula is C33H48IN3O9. The first-order valence-corrected chi connectivity index (χ1v) is 17.8. The summed E-state index contributed by atoms with van der Waals surface area (Å²) in [6.45, 7) is 5.56. The van der Waals surface area contributed by atoms with E-state index in [0.29, 0.717) is 12.8 Å². The van der Waals surface area contributed by atoms with Crippen molar-refractivity contribution in [1.82, 2.24) is 15.7 Å².